The third kappa shape index (κ3) is 73.0. The monoisotopic (exact) mass is 1220 g/mol. The Kier molecular flexibility index (Phi) is 74.8. The van der Waals surface area contributed by atoms with Gasteiger partial charge in [0.05, 0.1) is 25.4 Å². The molecule has 6 heteroatoms. The minimum Gasteiger partial charge on any atom is -0.466 e. The smallest absolute Gasteiger partial charge is 0.305 e. The topological polar surface area (TPSA) is 95.9 Å². The van der Waals surface area contributed by atoms with E-state index in [2.05, 4.69) is 43.5 Å². The second kappa shape index (κ2) is 76.5. The Morgan fingerprint density at radius 2 is 0.575 bits per heavy atom. The first-order chi connectivity index (χ1) is 43.0. The van der Waals surface area contributed by atoms with Crippen LogP contribution in [0.5, 0.6) is 0 Å². The van der Waals surface area contributed by atoms with Crippen molar-refractivity contribution >= 4 is 11.9 Å². The van der Waals surface area contributed by atoms with Crippen LogP contribution in [-0.4, -0.2) is 47.4 Å². The summed E-state index contributed by atoms with van der Waals surface area (Å²) in [5, 5.41) is 23.2. The molecule has 1 amide bonds. The van der Waals surface area contributed by atoms with Gasteiger partial charge in [-0.25, -0.2) is 0 Å². The number of esters is 1. The van der Waals surface area contributed by atoms with Crippen LogP contribution in [0.15, 0.2) is 36.5 Å². The lowest BCUT2D eigenvalue weighted by Gasteiger charge is -2.20. The molecule has 6 nitrogen and oxygen atoms in total. The van der Waals surface area contributed by atoms with Crippen molar-refractivity contribution in [3.63, 3.8) is 0 Å². The van der Waals surface area contributed by atoms with Gasteiger partial charge in [0, 0.05) is 12.8 Å². The number of carbonyl (C=O) groups excluding carboxylic acids is 2. The number of nitrogens with one attached hydrogen (secondary N) is 1. The predicted octanol–water partition coefficient (Wildman–Crippen LogP) is 26.2. The maximum Gasteiger partial charge on any atom is 0.305 e. The molecule has 2 atom stereocenters. The first-order valence-electron chi connectivity index (χ1n) is 39.8. The molecule has 0 fully saturated rings. The predicted molar refractivity (Wildman–Crippen MR) is 384 cm³/mol. The zero-order chi connectivity index (χ0) is 62.8. The van der Waals surface area contributed by atoms with Gasteiger partial charge in [-0.15, -0.1) is 0 Å². The van der Waals surface area contributed by atoms with Crippen LogP contribution < -0.4 is 5.32 Å². The first-order valence-corrected chi connectivity index (χ1v) is 39.8. The van der Waals surface area contributed by atoms with E-state index >= 15 is 0 Å². The number of carbonyl (C=O) groups is 2. The van der Waals surface area contributed by atoms with Crippen LogP contribution in [0.1, 0.15) is 444 Å². The zero-order valence-corrected chi connectivity index (χ0v) is 59.0. The standard InChI is InChI=1S/C81H155NO5/c1-3-5-7-9-11-13-15-17-19-20-42-46-49-53-57-61-65-69-73-79(84)78(77-83)82-80(85)74-70-66-62-58-54-50-47-43-40-38-36-34-32-30-28-26-24-22-21-23-25-27-29-31-33-35-37-39-41-44-48-52-56-60-64-68-72-76-87-81(86)75-71-67-63-59-55-51-45-18-16-14-12-10-8-6-4-2/h12,14,18,45,69,73,78-79,83-84H,3-11,13,15-17,19-44,46-68,70-72,74-77H2,1-2H3,(H,82,85)/b14-12-,45-18-,73-69+. The minimum atomic E-state index is -0.841. The molecule has 0 heterocycles. The summed E-state index contributed by atoms with van der Waals surface area (Å²) in [6, 6.07) is -0.624. The molecule has 0 rings (SSSR count). The number of hydrogen-bond acceptors (Lipinski definition) is 5. The van der Waals surface area contributed by atoms with Crippen molar-refractivity contribution in [2.45, 2.75) is 456 Å². The molecule has 0 bridgehead atoms. The van der Waals surface area contributed by atoms with E-state index in [0.29, 0.717) is 19.4 Å². The second-order valence-corrected chi connectivity index (χ2v) is 27.4. The lowest BCUT2D eigenvalue weighted by molar-refractivity contribution is -0.143. The van der Waals surface area contributed by atoms with Crippen molar-refractivity contribution in [1.82, 2.24) is 5.32 Å². The number of ether oxygens (including phenoxy) is 1. The highest BCUT2D eigenvalue weighted by Crippen LogP contribution is 2.20. The van der Waals surface area contributed by atoms with Gasteiger partial charge in [-0.05, 0) is 64.2 Å². The summed E-state index contributed by atoms with van der Waals surface area (Å²) in [5.41, 5.74) is 0. The van der Waals surface area contributed by atoms with Gasteiger partial charge in [-0.3, -0.25) is 9.59 Å². The molecule has 87 heavy (non-hydrogen) atoms. The van der Waals surface area contributed by atoms with Crippen molar-refractivity contribution in [2.75, 3.05) is 13.2 Å². The van der Waals surface area contributed by atoms with Crippen LogP contribution in [0.2, 0.25) is 0 Å². The van der Waals surface area contributed by atoms with Gasteiger partial charge in [0.15, 0.2) is 0 Å². The Morgan fingerprint density at radius 3 is 0.897 bits per heavy atom. The molecule has 0 aromatic rings. The molecule has 0 radical (unpaired) electrons. The Labute approximate surface area is 544 Å². The summed E-state index contributed by atoms with van der Waals surface area (Å²) < 4.78 is 5.50. The van der Waals surface area contributed by atoms with Crippen molar-refractivity contribution in [3.8, 4) is 0 Å². The lowest BCUT2D eigenvalue weighted by Crippen LogP contribution is -2.45. The van der Waals surface area contributed by atoms with Crippen LogP contribution in [0.25, 0.3) is 0 Å². The summed E-state index contributed by atoms with van der Waals surface area (Å²) in [6.45, 7) is 4.92. The molecule has 0 aromatic heterocycles. The molecule has 514 valence electrons. The number of rotatable bonds is 75. The molecule has 0 aliphatic heterocycles. The van der Waals surface area contributed by atoms with Gasteiger partial charge in [-0.2, -0.15) is 0 Å². The molecular formula is C81H155NO5. The second-order valence-electron chi connectivity index (χ2n) is 27.4. The van der Waals surface area contributed by atoms with Crippen molar-refractivity contribution in [1.29, 1.82) is 0 Å². The van der Waals surface area contributed by atoms with Gasteiger partial charge < -0.3 is 20.3 Å². The summed E-state index contributed by atoms with van der Waals surface area (Å²) in [7, 11) is 0. The molecule has 0 saturated heterocycles. The van der Waals surface area contributed by atoms with Crippen molar-refractivity contribution in [2.24, 2.45) is 0 Å². The van der Waals surface area contributed by atoms with Gasteiger partial charge in [-0.1, -0.05) is 403 Å². The average molecular weight is 1220 g/mol. The van der Waals surface area contributed by atoms with E-state index in [1.165, 1.54) is 366 Å². The van der Waals surface area contributed by atoms with E-state index in [9.17, 15) is 19.8 Å². The Balaban J connectivity index is 3.32. The Morgan fingerprint density at radius 1 is 0.322 bits per heavy atom. The normalized spacial score (nSPS) is 12.6. The number of allylic oxidation sites excluding steroid dienone is 5. The van der Waals surface area contributed by atoms with Crippen LogP contribution in [0, 0.1) is 0 Å². The highest BCUT2D eigenvalue weighted by atomic mass is 16.5. The maximum absolute atomic E-state index is 12.5. The summed E-state index contributed by atoms with van der Waals surface area (Å²) in [4.78, 5) is 24.6. The zero-order valence-electron chi connectivity index (χ0n) is 59.0. The largest absolute Gasteiger partial charge is 0.466 e. The highest BCUT2D eigenvalue weighted by Gasteiger charge is 2.18. The maximum atomic E-state index is 12.5. The molecule has 2 unspecified atom stereocenters. The number of amides is 1. The van der Waals surface area contributed by atoms with Crippen LogP contribution in [-0.2, 0) is 14.3 Å². The molecule has 0 aromatic carbocycles. The van der Waals surface area contributed by atoms with Crippen LogP contribution in [0.3, 0.4) is 0 Å². The van der Waals surface area contributed by atoms with Gasteiger partial charge >= 0.3 is 5.97 Å². The molecule has 0 spiro atoms. The van der Waals surface area contributed by atoms with E-state index in [0.717, 1.165) is 51.4 Å². The SMILES string of the molecule is CCCCC/C=C\C/C=C\CCCCCCCC(=O)OCCCCCCCCCCCCCCCCCCCCCCCCCCCCCCCCCCCCCCCC(=O)NC(CO)C(O)/C=C/CCCCCCCCCCCCCCCCCC. The Bertz CT molecular complexity index is 1410. The van der Waals surface area contributed by atoms with Gasteiger partial charge in [0.2, 0.25) is 5.91 Å². The number of aliphatic hydroxyl groups is 2. The van der Waals surface area contributed by atoms with Gasteiger partial charge in [0.25, 0.3) is 0 Å². The first kappa shape index (κ1) is 85.1. The van der Waals surface area contributed by atoms with E-state index < -0.39 is 12.1 Å². The van der Waals surface area contributed by atoms with Crippen molar-refractivity contribution < 1.29 is 24.5 Å². The average Bonchev–Trinajstić information content (AvgIpc) is 3.52. The minimum absolute atomic E-state index is 0.00967. The third-order valence-corrected chi connectivity index (χ3v) is 18.7. The van der Waals surface area contributed by atoms with E-state index in [4.69, 9.17) is 4.74 Å². The van der Waals surface area contributed by atoms with Crippen LogP contribution >= 0.6 is 0 Å². The molecule has 0 saturated carbocycles. The summed E-state index contributed by atoms with van der Waals surface area (Å²) in [6.07, 6.45) is 99.9. The third-order valence-electron chi connectivity index (χ3n) is 18.7. The fourth-order valence-electron chi connectivity index (χ4n) is 12.6. The number of aliphatic hydroxyl groups excluding tert-OH is 2. The molecule has 0 aliphatic rings. The fraction of sp³-hybridized carbons (Fsp3) is 0.901. The number of hydrogen-bond donors (Lipinski definition) is 3. The molecule has 0 aliphatic carbocycles. The molecule has 3 N–H and O–H groups in total. The van der Waals surface area contributed by atoms with Crippen molar-refractivity contribution in [3.05, 3.63) is 36.5 Å². The fourth-order valence-corrected chi connectivity index (χ4v) is 12.6. The van der Waals surface area contributed by atoms with E-state index in [1.807, 2.05) is 6.08 Å². The van der Waals surface area contributed by atoms with Crippen LogP contribution in [0.4, 0.5) is 0 Å². The summed E-state index contributed by atoms with van der Waals surface area (Å²) >= 11 is 0. The lowest BCUT2D eigenvalue weighted by atomic mass is 10.0. The summed E-state index contributed by atoms with van der Waals surface area (Å²) in [5.74, 6) is -0.0487. The Hall–Kier alpha value is -1.92. The quantitative estimate of drug-likeness (QED) is 0.0320. The van der Waals surface area contributed by atoms with E-state index in [-0.39, 0.29) is 18.5 Å². The number of unbranched alkanes of at least 4 members (excludes halogenated alkanes) is 60. The molecular weight excluding hydrogens is 1070 g/mol. The van der Waals surface area contributed by atoms with Gasteiger partial charge in [0.1, 0.15) is 0 Å². The highest BCUT2D eigenvalue weighted by molar-refractivity contribution is 5.76. The van der Waals surface area contributed by atoms with E-state index in [1.54, 1.807) is 6.08 Å².